The molecule has 1 amide bonds. The zero-order chi connectivity index (χ0) is 16.1. The van der Waals surface area contributed by atoms with Gasteiger partial charge in [0.15, 0.2) is 0 Å². The van der Waals surface area contributed by atoms with E-state index in [0.717, 1.165) is 18.4 Å². The van der Waals surface area contributed by atoms with Crippen LogP contribution in [0.5, 0.6) is 0 Å². The van der Waals surface area contributed by atoms with E-state index in [-0.39, 0.29) is 12.1 Å². The second-order valence-corrected chi connectivity index (χ2v) is 4.36. The summed E-state index contributed by atoms with van der Waals surface area (Å²) in [4.78, 5) is 13.5. The molecule has 0 radical (unpaired) electrons. The zero-order valence-corrected chi connectivity index (χ0v) is 13.8. The van der Waals surface area contributed by atoms with Crippen molar-refractivity contribution in [3.05, 3.63) is 35.9 Å². The molecule has 1 heterocycles. The fourth-order valence-corrected chi connectivity index (χ4v) is 1.89. The van der Waals surface area contributed by atoms with E-state index in [1.165, 1.54) is 0 Å². The minimum absolute atomic E-state index is 0.230. The van der Waals surface area contributed by atoms with Crippen molar-refractivity contribution >= 4 is 6.09 Å². The SMILES string of the molecule is CC.CC.NC1CCN(C(=O)OCc2ccccc2)CC1. The standard InChI is InChI=1S/C13H18N2O2.2C2H6/c14-12-6-8-15(9-7-12)13(16)17-10-11-4-2-1-3-5-11;2*1-2/h1-5,12H,6-10,14H2;2*1-2H3. The normalized spacial score (nSPS) is 14.2. The van der Waals surface area contributed by atoms with Crippen LogP contribution in [0.25, 0.3) is 0 Å². The molecule has 1 aromatic carbocycles. The third-order valence-electron chi connectivity index (χ3n) is 3.00. The van der Waals surface area contributed by atoms with E-state index in [9.17, 15) is 4.79 Å². The van der Waals surface area contributed by atoms with E-state index in [4.69, 9.17) is 10.5 Å². The Balaban J connectivity index is 0.000000921. The smallest absolute Gasteiger partial charge is 0.410 e. The molecule has 0 spiro atoms. The van der Waals surface area contributed by atoms with Gasteiger partial charge in [-0.15, -0.1) is 0 Å². The Kier molecular flexibility index (Phi) is 11.3. The van der Waals surface area contributed by atoms with Gasteiger partial charge in [-0.2, -0.15) is 0 Å². The molecule has 1 aliphatic rings. The van der Waals surface area contributed by atoms with Crippen molar-refractivity contribution in [2.75, 3.05) is 13.1 Å². The first-order valence-corrected chi connectivity index (χ1v) is 7.97. The largest absolute Gasteiger partial charge is 0.445 e. The average Bonchev–Trinajstić information content (AvgIpc) is 2.58. The number of likely N-dealkylation sites (tertiary alicyclic amines) is 1. The van der Waals surface area contributed by atoms with Crippen molar-refractivity contribution in [2.24, 2.45) is 5.73 Å². The number of amides is 1. The number of carbonyl (C=O) groups is 1. The number of nitrogens with two attached hydrogens (primary N) is 1. The molecule has 0 aromatic heterocycles. The Hall–Kier alpha value is -1.55. The van der Waals surface area contributed by atoms with E-state index in [1.54, 1.807) is 4.90 Å². The van der Waals surface area contributed by atoms with E-state index >= 15 is 0 Å². The Morgan fingerprint density at radius 3 is 2.19 bits per heavy atom. The summed E-state index contributed by atoms with van der Waals surface area (Å²) in [6.45, 7) is 9.74. The van der Waals surface area contributed by atoms with Gasteiger partial charge in [0.2, 0.25) is 0 Å². The second-order valence-electron chi connectivity index (χ2n) is 4.36. The maximum absolute atomic E-state index is 11.7. The summed E-state index contributed by atoms with van der Waals surface area (Å²) in [5, 5.41) is 0. The number of benzene rings is 1. The van der Waals surface area contributed by atoms with E-state index in [2.05, 4.69) is 0 Å². The van der Waals surface area contributed by atoms with Gasteiger partial charge in [-0.25, -0.2) is 4.79 Å². The predicted octanol–water partition coefficient (Wildman–Crippen LogP) is 3.80. The molecule has 2 rings (SSSR count). The summed E-state index contributed by atoms with van der Waals surface area (Å²) in [7, 11) is 0. The first kappa shape index (κ1) is 19.4. The maximum atomic E-state index is 11.7. The lowest BCUT2D eigenvalue weighted by molar-refractivity contribution is 0.0873. The van der Waals surface area contributed by atoms with Gasteiger partial charge in [0, 0.05) is 19.1 Å². The van der Waals surface area contributed by atoms with Crippen LogP contribution in [-0.2, 0) is 11.3 Å². The summed E-state index contributed by atoms with van der Waals surface area (Å²) in [5.74, 6) is 0. The van der Waals surface area contributed by atoms with Crippen molar-refractivity contribution in [1.29, 1.82) is 0 Å². The molecule has 4 heteroatoms. The number of nitrogens with zero attached hydrogens (tertiary/aromatic N) is 1. The third kappa shape index (κ3) is 7.71. The minimum atomic E-state index is -0.235. The Bertz CT molecular complexity index is 360. The van der Waals surface area contributed by atoms with Gasteiger partial charge in [-0.1, -0.05) is 58.0 Å². The van der Waals surface area contributed by atoms with E-state index in [1.807, 2.05) is 58.0 Å². The summed E-state index contributed by atoms with van der Waals surface area (Å²) >= 11 is 0. The summed E-state index contributed by atoms with van der Waals surface area (Å²) in [5.41, 5.74) is 6.79. The maximum Gasteiger partial charge on any atom is 0.410 e. The molecule has 4 nitrogen and oxygen atoms in total. The summed E-state index contributed by atoms with van der Waals surface area (Å²) in [6, 6.07) is 9.93. The summed E-state index contributed by atoms with van der Waals surface area (Å²) in [6.07, 6.45) is 1.49. The van der Waals surface area contributed by atoms with Crippen LogP contribution in [0, 0.1) is 0 Å². The molecule has 0 unspecified atom stereocenters. The monoisotopic (exact) mass is 294 g/mol. The van der Waals surface area contributed by atoms with Gasteiger partial charge >= 0.3 is 6.09 Å². The number of hydrogen-bond acceptors (Lipinski definition) is 3. The summed E-state index contributed by atoms with van der Waals surface area (Å²) < 4.78 is 5.25. The molecule has 0 atom stereocenters. The van der Waals surface area contributed by atoms with E-state index < -0.39 is 0 Å². The predicted molar refractivity (Wildman–Crippen MR) is 88.1 cm³/mol. The quantitative estimate of drug-likeness (QED) is 0.902. The highest BCUT2D eigenvalue weighted by atomic mass is 16.6. The van der Waals surface area contributed by atoms with Gasteiger partial charge in [0.25, 0.3) is 0 Å². The fraction of sp³-hybridized carbons (Fsp3) is 0.588. The lowest BCUT2D eigenvalue weighted by Gasteiger charge is -2.29. The topological polar surface area (TPSA) is 55.6 Å². The highest BCUT2D eigenvalue weighted by molar-refractivity contribution is 5.67. The second kappa shape index (κ2) is 12.2. The minimum Gasteiger partial charge on any atom is -0.445 e. The molecule has 2 N–H and O–H groups in total. The van der Waals surface area contributed by atoms with Crippen LogP contribution in [0.3, 0.4) is 0 Å². The Morgan fingerprint density at radius 2 is 1.67 bits per heavy atom. The molecule has 1 fully saturated rings. The molecule has 0 bridgehead atoms. The van der Waals surface area contributed by atoms with Crippen LogP contribution < -0.4 is 5.73 Å². The van der Waals surface area contributed by atoms with Gasteiger partial charge in [-0.3, -0.25) is 0 Å². The number of rotatable bonds is 2. The van der Waals surface area contributed by atoms with Crippen LogP contribution in [0.2, 0.25) is 0 Å². The fourth-order valence-electron chi connectivity index (χ4n) is 1.89. The average molecular weight is 294 g/mol. The molecular weight excluding hydrogens is 264 g/mol. The van der Waals surface area contributed by atoms with Crippen LogP contribution in [0.1, 0.15) is 46.1 Å². The van der Waals surface area contributed by atoms with Crippen molar-refractivity contribution in [2.45, 2.75) is 53.2 Å². The van der Waals surface area contributed by atoms with Crippen LogP contribution in [-0.4, -0.2) is 30.1 Å². The van der Waals surface area contributed by atoms with Gasteiger partial charge in [-0.05, 0) is 18.4 Å². The van der Waals surface area contributed by atoms with Crippen molar-refractivity contribution in [3.63, 3.8) is 0 Å². The Morgan fingerprint density at radius 1 is 1.14 bits per heavy atom. The number of carbonyl (C=O) groups excluding carboxylic acids is 1. The highest BCUT2D eigenvalue weighted by Crippen LogP contribution is 2.10. The molecular formula is C17H30N2O2. The molecule has 0 aliphatic carbocycles. The number of hydrogen-bond donors (Lipinski definition) is 1. The number of ether oxygens (including phenoxy) is 1. The molecule has 1 aliphatic heterocycles. The van der Waals surface area contributed by atoms with E-state index in [0.29, 0.717) is 19.7 Å². The zero-order valence-electron chi connectivity index (χ0n) is 13.8. The van der Waals surface area contributed by atoms with Crippen molar-refractivity contribution < 1.29 is 9.53 Å². The third-order valence-corrected chi connectivity index (χ3v) is 3.00. The van der Waals surface area contributed by atoms with Crippen molar-refractivity contribution in [1.82, 2.24) is 4.90 Å². The van der Waals surface area contributed by atoms with Gasteiger partial charge in [0.05, 0.1) is 0 Å². The molecule has 120 valence electrons. The molecule has 1 saturated heterocycles. The van der Waals surface area contributed by atoms with Crippen LogP contribution in [0.4, 0.5) is 4.79 Å². The van der Waals surface area contributed by atoms with Crippen LogP contribution in [0.15, 0.2) is 30.3 Å². The molecule has 21 heavy (non-hydrogen) atoms. The van der Waals surface area contributed by atoms with Crippen molar-refractivity contribution in [3.8, 4) is 0 Å². The number of piperidine rings is 1. The highest BCUT2D eigenvalue weighted by Gasteiger charge is 2.21. The molecule has 1 aromatic rings. The Labute approximate surface area is 129 Å². The lowest BCUT2D eigenvalue weighted by Crippen LogP contribution is -2.43. The first-order valence-electron chi connectivity index (χ1n) is 7.97. The lowest BCUT2D eigenvalue weighted by atomic mass is 10.1. The van der Waals surface area contributed by atoms with Crippen LogP contribution >= 0.6 is 0 Å². The first-order chi connectivity index (χ1) is 10.3. The molecule has 0 saturated carbocycles. The van der Waals surface area contributed by atoms with Gasteiger partial charge in [0.1, 0.15) is 6.61 Å². The van der Waals surface area contributed by atoms with Gasteiger partial charge < -0.3 is 15.4 Å².